The number of fused-ring (bicyclic) bond motifs is 2. The van der Waals surface area contributed by atoms with Crippen LogP contribution in [0.4, 0.5) is 4.39 Å². The molecule has 1 fully saturated rings. The molecule has 2 heterocycles. The van der Waals surface area contributed by atoms with E-state index < -0.39 is 17.6 Å². The molecule has 0 aromatic heterocycles. The number of hydrogen-bond donors (Lipinski definition) is 2. The van der Waals surface area contributed by atoms with Gasteiger partial charge in [0.25, 0.3) is 5.91 Å². The summed E-state index contributed by atoms with van der Waals surface area (Å²) < 4.78 is 20.5. The van der Waals surface area contributed by atoms with Gasteiger partial charge in [-0.15, -0.1) is 0 Å². The number of likely N-dealkylation sites (tertiary alicyclic amines) is 1. The third-order valence-corrected chi connectivity index (χ3v) is 6.37. The first kappa shape index (κ1) is 19.7. The summed E-state index contributed by atoms with van der Waals surface area (Å²) in [5.41, 5.74) is 7.36. The highest BCUT2D eigenvalue weighted by Gasteiger charge is 2.48. The van der Waals surface area contributed by atoms with Crippen molar-refractivity contribution in [2.24, 2.45) is 10.9 Å². The number of hydrogen-bond acceptors (Lipinski definition) is 5. The van der Waals surface area contributed by atoms with Gasteiger partial charge in [-0.25, -0.2) is 4.39 Å². The molecular formula is C20H21ClFN3O2S. The van der Waals surface area contributed by atoms with Crippen LogP contribution in [-0.2, 0) is 21.7 Å². The van der Waals surface area contributed by atoms with Gasteiger partial charge in [-0.1, -0.05) is 23.7 Å². The largest absolute Gasteiger partial charge is 0.367 e. The zero-order valence-corrected chi connectivity index (χ0v) is 16.7. The zero-order valence-electron chi connectivity index (χ0n) is 15.2. The normalized spacial score (nSPS) is 21.0. The van der Waals surface area contributed by atoms with Crippen molar-refractivity contribution in [2.75, 3.05) is 13.1 Å². The van der Waals surface area contributed by atoms with E-state index in [1.54, 1.807) is 12.1 Å². The number of benzene rings is 2. The van der Waals surface area contributed by atoms with Gasteiger partial charge in [0.2, 0.25) is 0 Å². The van der Waals surface area contributed by atoms with Crippen LogP contribution in [0.2, 0.25) is 5.02 Å². The Kier molecular flexibility index (Phi) is 5.37. The highest BCUT2D eigenvalue weighted by Crippen LogP contribution is 2.50. The number of carbonyl (C=O) groups excluding carboxylic acids is 1. The lowest BCUT2D eigenvalue weighted by molar-refractivity contribution is -0.148. The molecule has 5 nitrogen and oxygen atoms in total. The lowest BCUT2D eigenvalue weighted by atomic mass is 9.83. The van der Waals surface area contributed by atoms with Gasteiger partial charge >= 0.3 is 0 Å². The number of piperidine rings is 1. The van der Waals surface area contributed by atoms with E-state index >= 15 is 0 Å². The van der Waals surface area contributed by atoms with Crippen molar-refractivity contribution in [1.29, 1.82) is 0 Å². The molecule has 1 saturated heterocycles. The van der Waals surface area contributed by atoms with E-state index in [1.807, 2.05) is 18.2 Å². The summed E-state index contributed by atoms with van der Waals surface area (Å²) in [5, 5.41) is 6.09. The number of halogens is 2. The zero-order chi connectivity index (χ0) is 19.9. The maximum Gasteiger partial charge on any atom is 0.251 e. The van der Waals surface area contributed by atoms with Crippen molar-refractivity contribution in [1.82, 2.24) is 4.90 Å². The van der Waals surface area contributed by atoms with Crippen LogP contribution in [0.5, 0.6) is 0 Å². The third kappa shape index (κ3) is 3.53. The molecule has 0 aliphatic carbocycles. The molecule has 1 atom stereocenters. The Bertz CT molecular complexity index is 918. The van der Waals surface area contributed by atoms with Gasteiger partial charge in [-0.05, 0) is 60.2 Å². The quantitative estimate of drug-likeness (QED) is 0.738. The lowest BCUT2D eigenvalue weighted by Crippen LogP contribution is -2.42. The highest BCUT2D eigenvalue weighted by atomic mass is 35.5. The van der Waals surface area contributed by atoms with Crippen LogP contribution in [0.3, 0.4) is 0 Å². The number of rotatable bonds is 4. The lowest BCUT2D eigenvalue weighted by Gasteiger charge is -2.39. The standard InChI is InChI=1S/C20H21ClFN3O2S/c21-13-2-4-15-16(9-13)20(27-18(15)19(23)26)5-7-25(8-6-20)11-12-1-3-14(28-24)10-17(12)22/h1-4,9-10,18H,5-8,11,24H2,(H2,23,26). The second kappa shape index (κ2) is 7.65. The fourth-order valence-electron chi connectivity index (χ4n) is 4.15. The fraction of sp³-hybridized carbons (Fsp3) is 0.350. The number of ether oxygens (including phenoxy) is 1. The number of amides is 1. The molecule has 1 spiro atoms. The van der Waals surface area contributed by atoms with Crippen molar-refractivity contribution in [3.8, 4) is 0 Å². The van der Waals surface area contributed by atoms with Gasteiger partial charge in [0.05, 0.1) is 5.60 Å². The summed E-state index contributed by atoms with van der Waals surface area (Å²) in [7, 11) is 0. The average molecular weight is 422 g/mol. The molecule has 28 heavy (non-hydrogen) atoms. The molecule has 1 unspecified atom stereocenters. The van der Waals surface area contributed by atoms with Gasteiger partial charge in [0.15, 0.2) is 6.10 Å². The summed E-state index contributed by atoms with van der Waals surface area (Å²) in [6.07, 6.45) is 0.614. The number of carbonyl (C=O) groups is 1. The first-order valence-electron chi connectivity index (χ1n) is 9.06. The van der Waals surface area contributed by atoms with Crippen LogP contribution in [0.25, 0.3) is 0 Å². The van der Waals surface area contributed by atoms with E-state index in [0.29, 0.717) is 48.0 Å². The van der Waals surface area contributed by atoms with Crippen LogP contribution in [0.1, 0.15) is 35.6 Å². The smallest absolute Gasteiger partial charge is 0.251 e. The highest BCUT2D eigenvalue weighted by molar-refractivity contribution is 7.97. The minimum atomic E-state index is -0.752. The van der Waals surface area contributed by atoms with E-state index in [1.165, 1.54) is 6.07 Å². The first-order chi connectivity index (χ1) is 13.4. The molecule has 2 aromatic rings. The second-order valence-electron chi connectivity index (χ2n) is 7.27. The van der Waals surface area contributed by atoms with Gasteiger partial charge < -0.3 is 10.5 Å². The SMILES string of the molecule is NSc1ccc(CN2CCC3(CC2)OC(C(N)=O)c2ccc(Cl)cc23)c(F)c1. The molecule has 0 bridgehead atoms. The van der Waals surface area contributed by atoms with Crippen molar-refractivity contribution >= 4 is 29.5 Å². The first-order valence-corrected chi connectivity index (χ1v) is 10.3. The van der Waals surface area contributed by atoms with E-state index in [0.717, 1.165) is 23.1 Å². The maximum absolute atomic E-state index is 14.3. The van der Waals surface area contributed by atoms with E-state index in [-0.39, 0.29) is 5.82 Å². The van der Waals surface area contributed by atoms with Crippen molar-refractivity contribution in [3.63, 3.8) is 0 Å². The molecule has 2 aromatic carbocycles. The van der Waals surface area contributed by atoms with Gasteiger partial charge in [-0.2, -0.15) is 0 Å². The Labute approximate surface area is 172 Å². The molecule has 8 heteroatoms. The Hall–Kier alpha value is -1.64. The topological polar surface area (TPSA) is 81.6 Å². The summed E-state index contributed by atoms with van der Waals surface area (Å²) in [4.78, 5) is 14.8. The van der Waals surface area contributed by atoms with Crippen molar-refractivity contribution < 1.29 is 13.9 Å². The molecular weight excluding hydrogens is 401 g/mol. The van der Waals surface area contributed by atoms with Gasteiger partial charge in [0, 0.05) is 35.1 Å². The van der Waals surface area contributed by atoms with Gasteiger partial charge in [0.1, 0.15) is 5.82 Å². The second-order valence-corrected chi connectivity index (χ2v) is 8.42. The van der Waals surface area contributed by atoms with Crippen molar-refractivity contribution in [3.05, 3.63) is 63.9 Å². The molecule has 2 aliphatic heterocycles. The third-order valence-electron chi connectivity index (χ3n) is 5.61. The van der Waals surface area contributed by atoms with Crippen LogP contribution in [0.15, 0.2) is 41.3 Å². The Morgan fingerprint density at radius 1 is 1.29 bits per heavy atom. The predicted molar refractivity (Wildman–Crippen MR) is 107 cm³/mol. The Morgan fingerprint density at radius 2 is 2.04 bits per heavy atom. The van der Waals surface area contributed by atoms with E-state index in [9.17, 15) is 9.18 Å². The number of nitrogens with zero attached hydrogens (tertiary/aromatic N) is 1. The summed E-state index contributed by atoms with van der Waals surface area (Å²) in [6, 6.07) is 10.5. The van der Waals surface area contributed by atoms with Crippen LogP contribution in [-0.4, -0.2) is 23.9 Å². The fourth-order valence-corrected chi connectivity index (χ4v) is 4.64. The maximum atomic E-state index is 14.3. The van der Waals surface area contributed by atoms with Gasteiger partial charge in [-0.3, -0.25) is 14.8 Å². The predicted octanol–water partition coefficient (Wildman–Crippen LogP) is 3.49. The molecule has 0 saturated carbocycles. The summed E-state index contributed by atoms with van der Waals surface area (Å²) >= 11 is 7.23. The number of nitrogens with two attached hydrogens (primary N) is 2. The van der Waals surface area contributed by atoms with Crippen LogP contribution >= 0.6 is 23.5 Å². The average Bonchev–Trinajstić information content (AvgIpc) is 2.99. The Morgan fingerprint density at radius 3 is 2.68 bits per heavy atom. The summed E-state index contributed by atoms with van der Waals surface area (Å²) in [5.74, 6) is -0.749. The molecule has 4 N–H and O–H groups in total. The van der Waals surface area contributed by atoms with E-state index in [4.69, 9.17) is 27.2 Å². The minimum absolute atomic E-state index is 0.251. The molecule has 0 radical (unpaired) electrons. The monoisotopic (exact) mass is 421 g/mol. The number of primary amides is 1. The summed E-state index contributed by atoms with van der Waals surface area (Å²) in [6.45, 7) is 1.94. The minimum Gasteiger partial charge on any atom is -0.367 e. The molecule has 4 rings (SSSR count). The Balaban J connectivity index is 1.51. The van der Waals surface area contributed by atoms with Crippen LogP contribution < -0.4 is 10.9 Å². The molecule has 1 amide bonds. The van der Waals surface area contributed by atoms with Crippen molar-refractivity contribution in [2.45, 2.75) is 36.0 Å². The molecule has 148 valence electrons. The van der Waals surface area contributed by atoms with E-state index in [2.05, 4.69) is 4.90 Å². The van der Waals surface area contributed by atoms with Crippen LogP contribution in [0, 0.1) is 5.82 Å². The molecule has 2 aliphatic rings.